The molecule has 0 radical (unpaired) electrons. The van der Waals surface area contributed by atoms with E-state index in [4.69, 9.17) is 10.5 Å². The molecule has 1 atom stereocenters. The van der Waals surface area contributed by atoms with Gasteiger partial charge in [0.25, 0.3) is 0 Å². The first-order valence-corrected chi connectivity index (χ1v) is 10.3. The summed E-state index contributed by atoms with van der Waals surface area (Å²) >= 11 is 0. The van der Waals surface area contributed by atoms with Crippen LogP contribution in [0.2, 0.25) is 0 Å². The lowest BCUT2D eigenvalue weighted by Gasteiger charge is -2.46. The van der Waals surface area contributed by atoms with Gasteiger partial charge in [0.15, 0.2) is 11.6 Å². The Morgan fingerprint density at radius 3 is 2.35 bits per heavy atom. The molecule has 1 amide bonds. The third-order valence-electron chi connectivity index (χ3n) is 4.95. The summed E-state index contributed by atoms with van der Waals surface area (Å²) in [5, 5.41) is 9.59. The highest BCUT2D eigenvalue weighted by atomic mass is 19.1. The van der Waals surface area contributed by atoms with E-state index in [0.29, 0.717) is 41.5 Å². The molecule has 7 nitrogen and oxygen atoms in total. The fourth-order valence-corrected chi connectivity index (χ4v) is 4.10. The maximum absolute atomic E-state index is 13.3. The number of aryl methyl sites for hydroxylation is 1. The number of carbonyl (C=O) groups is 1. The maximum atomic E-state index is 13.3. The second-order valence-electron chi connectivity index (χ2n) is 9.54. The number of amides is 1. The van der Waals surface area contributed by atoms with Crippen molar-refractivity contribution in [3.63, 3.8) is 0 Å². The third kappa shape index (κ3) is 6.06. The molecule has 1 unspecified atom stereocenters. The maximum Gasteiger partial charge on any atom is 0.408 e. The van der Waals surface area contributed by atoms with E-state index >= 15 is 0 Å². The van der Waals surface area contributed by atoms with Gasteiger partial charge in [-0.3, -0.25) is 4.90 Å². The van der Waals surface area contributed by atoms with E-state index in [9.17, 15) is 14.3 Å². The first kappa shape index (κ1) is 24.4. The number of carboxylic acid groups (broad SMARTS) is 1. The smallest absolute Gasteiger partial charge is 0.408 e. The van der Waals surface area contributed by atoms with Crippen LogP contribution in [0.3, 0.4) is 0 Å². The van der Waals surface area contributed by atoms with Crippen LogP contribution in [0.1, 0.15) is 53.7 Å². The van der Waals surface area contributed by atoms with Gasteiger partial charge in [0, 0.05) is 17.3 Å². The van der Waals surface area contributed by atoms with Crippen molar-refractivity contribution in [1.29, 1.82) is 0 Å². The molecule has 0 saturated heterocycles. The molecule has 0 spiro atoms. The highest BCUT2D eigenvalue weighted by Crippen LogP contribution is 2.48. The minimum absolute atomic E-state index is 0.107. The number of pyridine rings is 2. The van der Waals surface area contributed by atoms with E-state index < -0.39 is 17.2 Å². The van der Waals surface area contributed by atoms with Crippen molar-refractivity contribution in [2.24, 2.45) is 5.92 Å². The van der Waals surface area contributed by atoms with E-state index in [1.165, 1.54) is 4.90 Å². The zero-order valence-electron chi connectivity index (χ0n) is 19.4. The topological polar surface area (TPSA) is 102 Å². The molecule has 1 aromatic heterocycles. The molecule has 3 N–H and O–H groups in total. The molecule has 1 aliphatic heterocycles. The zero-order chi connectivity index (χ0) is 23.6. The Labute approximate surface area is 183 Å². The van der Waals surface area contributed by atoms with Crippen LogP contribution in [0.4, 0.5) is 15.0 Å². The van der Waals surface area contributed by atoms with Crippen molar-refractivity contribution in [2.45, 2.75) is 66.0 Å². The molecule has 2 aliphatic rings. The standard InChI is InChI=1S/C18H27FN2O3.C5H6N2/c1-10(8-18(6,7)21(16(22)23)17(3,4)5)9-24-15-11(2)20-14-12(15)13(14)19;6-5-3-1-2-4-7-5/h10H,8-9H2,1-7H3,(H,22,23);1-4H,(H2,6,7). The number of rotatable bonds is 6. The minimum atomic E-state index is -0.932. The average molecular weight is 433 g/mol. The SMILES string of the molecule is Cc1nc2c(F)c-2c1OCC(C)CC(C)(C)N(C(=O)O)C(C)(C)C.Nc1ccccn1. The molecule has 0 saturated carbocycles. The Kier molecular flexibility index (Phi) is 7.14. The van der Waals surface area contributed by atoms with Crippen LogP contribution >= 0.6 is 0 Å². The Balaban J connectivity index is 0.000000412. The van der Waals surface area contributed by atoms with Crippen LogP contribution in [0.5, 0.6) is 5.75 Å². The summed E-state index contributed by atoms with van der Waals surface area (Å²) in [7, 11) is 0. The largest absolute Gasteiger partial charge is 0.491 e. The predicted octanol–water partition coefficient (Wildman–Crippen LogP) is 5.14. The second-order valence-corrected chi connectivity index (χ2v) is 9.54. The molecular formula is C23H33FN4O3. The fraction of sp³-hybridized carbons (Fsp3) is 0.522. The lowest BCUT2D eigenvalue weighted by atomic mass is 9.87. The first-order valence-electron chi connectivity index (χ1n) is 10.3. The number of anilines is 1. The lowest BCUT2D eigenvalue weighted by Crippen LogP contribution is -2.57. The van der Waals surface area contributed by atoms with Gasteiger partial charge in [0.1, 0.15) is 11.5 Å². The van der Waals surface area contributed by atoms with Gasteiger partial charge in [-0.2, -0.15) is 0 Å². The van der Waals surface area contributed by atoms with Crippen LogP contribution in [-0.2, 0) is 0 Å². The van der Waals surface area contributed by atoms with Crippen LogP contribution < -0.4 is 10.5 Å². The number of ether oxygens (including phenoxy) is 1. The van der Waals surface area contributed by atoms with Crippen LogP contribution in [0.15, 0.2) is 24.4 Å². The van der Waals surface area contributed by atoms with Crippen LogP contribution in [-0.4, -0.2) is 43.8 Å². The molecule has 170 valence electrons. The third-order valence-corrected chi connectivity index (χ3v) is 4.95. The summed E-state index contributed by atoms with van der Waals surface area (Å²) in [4.78, 5) is 21.0. The number of nitrogens with zero attached hydrogens (tertiary/aromatic N) is 3. The Morgan fingerprint density at radius 1 is 1.29 bits per heavy atom. The summed E-state index contributed by atoms with van der Waals surface area (Å²) in [6, 6.07) is 5.43. The highest BCUT2D eigenvalue weighted by Gasteiger charge is 2.40. The molecule has 31 heavy (non-hydrogen) atoms. The zero-order valence-corrected chi connectivity index (χ0v) is 19.4. The van der Waals surface area contributed by atoms with E-state index in [2.05, 4.69) is 9.97 Å². The number of nitrogen functional groups attached to an aromatic ring is 1. The van der Waals surface area contributed by atoms with Crippen molar-refractivity contribution in [3.05, 3.63) is 35.9 Å². The highest BCUT2D eigenvalue weighted by molar-refractivity contribution is 5.86. The molecule has 8 heteroatoms. The normalized spacial score (nSPS) is 13.0. The summed E-state index contributed by atoms with van der Waals surface area (Å²) in [6.45, 7) is 13.7. The Morgan fingerprint density at radius 2 is 1.94 bits per heavy atom. The van der Waals surface area contributed by atoms with Crippen molar-refractivity contribution in [2.75, 3.05) is 12.3 Å². The van der Waals surface area contributed by atoms with Gasteiger partial charge in [-0.25, -0.2) is 19.2 Å². The average Bonchev–Trinajstić information content (AvgIpc) is 3.07. The van der Waals surface area contributed by atoms with Crippen LogP contribution in [0.25, 0.3) is 11.3 Å². The summed E-state index contributed by atoms with van der Waals surface area (Å²) < 4.78 is 19.1. The van der Waals surface area contributed by atoms with Crippen molar-refractivity contribution >= 4 is 11.9 Å². The van der Waals surface area contributed by atoms with E-state index in [-0.39, 0.29) is 11.7 Å². The number of aromatic nitrogens is 2. The van der Waals surface area contributed by atoms with Crippen LogP contribution in [0, 0.1) is 18.7 Å². The van der Waals surface area contributed by atoms with Gasteiger partial charge in [-0.05, 0) is 66.0 Å². The number of hydrogen-bond donors (Lipinski definition) is 2. The monoisotopic (exact) mass is 432 g/mol. The van der Waals surface area contributed by atoms with Crippen molar-refractivity contribution in [1.82, 2.24) is 14.9 Å². The first-order chi connectivity index (χ1) is 14.3. The summed E-state index contributed by atoms with van der Waals surface area (Å²) in [5.74, 6) is 0.935. The molecule has 1 aliphatic carbocycles. The number of nitrogens with two attached hydrogens (primary N) is 1. The lowest BCUT2D eigenvalue weighted by molar-refractivity contribution is 0.0187. The Bertz CT molecular complexity index is 927. The van der Waals surface area contributed by atoms with Gasteiger partial charge >= 0.3 is 6.09 Å². The van der Waals surface area contributed by atoms with E-state index in [1.807, 2.05) is 53.7 Å². The van der Waals surface area contributed by atoms with Gasteiger partial charge < -0.3 is 15.6 Å². The summed E-state index contributed by atoms with van der Waals surface area (Å²) in [6.07, 6.45) is 1.37. The molecule has 0 bridgehead atoms. The van der Waals surface area contributed by atoms with E-state index in [0.717, 1.165) is 0 Å². The molecular weight excluding hydrogens is 399 g/mol. The van der Waals surface area contributed by atoms with Gasteiger partial charge in [0.2, 0.25) is 0 Å². The number of fused-ring (bicyclic) bond motifs is 1. The van der Waals surface area contributed by atoms with E-state index in [1.54, 1.807) is 19.2 Å². The van der Waals surface area contributed by atoms with Crippen molar-refractivity contribution in [3.8, 4) is 17.0 Å². The fourth-order valence-electron chi connectivity index (χ4n) is 4.10. The predicted molar refractivity (Wildman–Crippen MR) is 120 cm³/mol. The second kappa shape index (κ2) is 9.08. The molecule has 0 fully saturated rings. The molecule has 2 heterocycles. The molecule has 1 aromatic rings. The van der Waals surface area contributed by atoms with Crippen molar-refractivity contribution < 1.29 is 19.0 Å². The van der Waals surface area contributed by atoms with Gasteiger partial charge in [-0.1, -0.05) is 13.0 Å². The number of hydrogen-bond acceptors (Lipinski definition) is 5. The summed E-state index contributed by atoms with van der Waals surface area (Å²) in [5.41, 5.74) is 5.83. The van der Waals surface area contributed by atoms with Gasteiger partial charge in [-0.15, -0.1) is 0 Å². The Hall–Kier alpha value is -2.90. The quantitative estimate of drug-likeness (QED) is 0.559. The minimum Gasteiger partial charge on any atom is -0.491 e. The molecule has 3 rings (SSSR count). The molecule has 0 aromatic carbocycles. The number of halogens is 1. The van der Waals surface area contributed by atoms with Gasteiger partial charge in [0.05, 0.1) is 17.9 Å².